The Kier molecular flexibility index (Phi) is 27.8. The summed E-state index contributed by atoms with van der Waals surface area (Å²) >= 11 is -2.86. The van der Waals surface area contributed by atoms with E-state index < -0.39 is 11.4 Å². The van der Waals surface area contributed by atoms with E-state index in [1.807, 2.05) is 0 Å². The summed E-state index contributed by atoms with van der Waals surface area (Å²) in [6.07, 6.45) is 0. The fourth-order valence-corrected chi connectivity index (χ4v) is 0. The molecule has 6 heteroatoms. The van der Waals surface area contributed by atoms with Crippen molar-refractivity contribution in [2.75, 3.05) is 0 Å². The van der Waals surface area contributed by atoms with Crippen LogP contribution in [0.4, 0.5) is 0 Å². The van der Waals surface area contributed by atoms with Crippen LogP contribution < -0.4 is 0 Å². The van der Waals surface area contributed by atoms with Gasteiger partial charge in [0.05, 0.1) is 11.4 Å². The molecule has 0 aliphatic rings. The molecule has 0 saturated heterocycles. The van der Waals surface area contributed by atoms with E-state index in [4.69, 9.17) is 13.3 Å². The molecule has 0 bridgehead atoms. The van der Waals surface area contributed by atoms with E-state index in [0.29, 0.717) is 0 Å². The smallest absolute Gasteiger partial charge is 1.00 e. The predicted octanol–water partition coefficient (Wildman–Crippen LogP) is -0.973. The molecule has 0 amide bonds. The van der Waals surface area contributed by atoms with Crippen molar-refractivity contribution in [3.8, 4) is 0 Å². The van der Waals surface area contributed by atoms with Gasteiger partial charge in [0, 0.05) is 0 Å². The van der Waals surface area contributed by atoms with Crippen LogP contribution in [0.25, 0.3) is 0 Å². The summed E-state index contributed by atoms with van der Waals surface area (Å²) in [5.41, 5.74) is 0. The summed E-state index contributed by atoms with van der Waals surface area (Å²) in [4.78, 5) is 0. The van der Waals surface area contributed by atoms with Crippen LogP contribution in [0.5, 0.6) is 0 Å². The molecule has 0 aromatic rings. The zero-order valence-electron chi connectivity index (χ0n) is 7.09. The van der Waals surface area contributed by atoms with Gasteiger partial charge in [-0.15, -0.1) is 0 Å². The average molecular weight is 165 g/mol. The third-order valence-electron chi connectivity index (χ3n) is 0. The molecular weight excluding hydrogens is 160 g/mol. The molecule has 1 unspecified atom stereocenters. The first-order chi connectivity index (χ1) is 1.73. The van der Waals surface area contributed by atoms with Crippen LogP contribution in [0, 0.1) is 0 Å². The molecule has 1 atom stereocenters. The number of hydrogen-bond acceptors (Lipinski definition) is 2. The van der Waals surface area contributed by atoms with E-state index in [1.165, 1.54) is 0 Å². The van der Waals surface area contributed by atoms with Crippen molar-refractivity contribution in [3.63, 3.8) is 0 Å². The molecule has 3 nitrogen and oxygen atoms in total. The van der Waals surface area contributed by atoms with Gasteiger partial charge in [0.25, 0.3) is 0 Å². The van der Waals surface area contributed by atoms with Gasteiger partial charge in [0.1, 0.15) is 0 Å². The summed E-state index contributed by atoms with van der Waals surface area (Å²) < 4.78 is 24.1. The van der Waals surface area contributed by atoms with E-state index in [9.17, 15) is 0 Å². The maximum atomic E-state index is 8.56. The Morgan fingerprint density at radius 1 is 1.67 bits per heavy atom. The van der Waals surface area contributed by atoms with Crippen molar-refractivity contribution in [1.29, 1.82) is 0 Å². The minimum Gasteiger partial charge on any atom is -1.00 e. The molecule has 0 fully saturated rings. The molecule has 0 aromatic carbocycles. The van der Waals surface area contributed by atoms with Crippen LogP contribution in [0.1, 0.15) is 5.71 Å². The zero-order valence-corrected chi connectivity index (χ0v) is 8.32. The summed E-state index contributed by atoms with van der Waals surface area (Å²) in [6.45, 7) is 0. The molecule has 0 aliphatic heterocycles. The van der Waals surface area contributed by atoms with E-state index in [2.05, 4.69) is 0 Å². The monoisotopic (exact) mass is 165 g/mol. The maximum absolute atomic E-state index is 8.56. The summed E-state index contributed by atoms with van der Waals surface area (Å²) in [6, 6.07) is 0. The van der Waals surface area contributed by atoms with Gasteiger partial charge in [0.15, 0.2) is 0 Å². The topological polar surface area (TPSA) is 60.4 Å². The van der Waals surface area contributed by atoms with Gasteiger partial charge in [-0.3, -0.25) is 0 Å². The molecule has 1 N–H and O–H groups in total. The van der Waals surface area contributed by atoms with Gasteiger partial charge in [-0.1, -0.05) is 0 Å². The third kappa shape index (κ3) is 30.7. The summed E-state index contributed by atoms with van der Waals surface area (Å²) in [5, 5.41) is 0. The maximum Gasteiger partial charge on any atom is 2.00 e. The van der Waals surface area contributed by atoms with Gasteiger partial charge < -0.3 is 14.8 Å². The van der Waals surface area contributed by atoms with Crippen molar-refractivity contribution in [1.82, 2.24) is 0 Å². The first-order valence-electron chi connectivity index (χ1n) is 0.516. The molecule has 0 aromatic heterocycles. The number of hydrogen-bond donors (Lipinski definition) is 1. The van der Waals surface area contributed by atoms with Crippen LogP contribution in [-0.4, -0.2) is 88.8 Å². The summed E-state index contributed by atoms with van der Waals surface area (Å²) in [5.74, 6) is 0. The van der Waals surface area contributed by atoms with Crippen LogP contribution >= 0.6 is 0 Å². The average Bonchev–Trinajstić information content (AvgIpc) is 0.811. The molecule has 0 heterocycles. The largest absolute Gasteiger partial charge is 2.00 e. The van der Waals surface area contributed by atoms with E-state index in [0.717, 1.165) is 0 Å². The fraction of sp³-hybridized carbons (Fsp3) is 0. The van der Waals surface area contributed by atoms with Gasteiger partial charge in [-0.25, -0.2) is 4.21 Å². The van der Waals surface area contributed by atoms with Gasteiger partial charge in [-0.05, 0) is 0 Å². The van der Waals surface area contributed by atoms with E-state index in [1.54, 1.807) is 0 Å². The number of rotatable bonds is 0. The Bertz CT molecular complexity index is 41.5. The molecule has 0 aliphatic carbocycles. The normalized spacial score (nSPS) is 10.3. The van der Waals surface area contributed by atoms with Crippen LogP contribution in [-0.2, 0) is 11.4 Å². The zero-order chi connectivity index (χ0) is 3.58. The minimum absolute atomic E-state index is 0. The van der Waals surface area contributed by atoms with E-state index >= 15 is 0 Å². The Labute approximate surface area is 104 Å². The Morgan fingerprint density at radius 3 is 1.67 bits per heavy atom. The third-order valence-corrected chi connectivity index (χ3v) is 0. The molecule has 0 spiro atoms. The van der Waals surface area contributed by atoms with Crippen molar-refractivity contribution in [2.45, 2.75) is 0 Å². The van der Waals surface area contributed by atoms with Crippen LogP contribution in [0.3, 0.4) is 0 Å². The Hall–Kier alpha value is 2.59. The first-order valence-corrected chi connectivity index (χ1v) is 1.55. The van der Waals surface area contributed by atoms with Crippen molar-refractivity contribution in [3.05, 3.63) is 0 Å². The second-order valence-corrected chi connectivity index (χ2v) is 0.651. The van der Waals surface area contributed by atoms with Crippen LogP contribution in [0.15, 0.2) is 0 Å². The standard InChI is InChI=1S/2Ca.H2O3S.4H/c;;1-4(2)3;;;;/h;;(H2,1,2,3);;;;/q2*+2;;4*-1/p-1. The summed E-state index contributed by atoms with van der Waals surface area (Å²) in [7, 11) is 0. The second kappa shape index (κ2) is 10.5. The molecule has 6 heavy (non-hydrogen) atoms. The first kappa shape index (κ1) is 15.8. The molecule has 0 rings (SSSR count). The van der Waals surface area contributed by atoms with Gasteiger partial charge in [0.2, 0.25) is 0 Å². The van der Waals surface area contributed by atoms with Crippen molar-refractivity contribution < 1.29 is 19.0 Å². The Balaban J connectivity index is -0.00000000300. The molecule has 0 saturated carbocycles. The molecule has 0 radical (unpaired) electrons. The molecular formula is H5Ca2O3S-. The minimum atomic E-state index is -2.86. The quantitative estimate of drug-likeness (QED) is 0.371. The fourth-order valence-electron chi connectivity index (χ4n) is 0. The molecule has 34 valence electrons. The Morgan fingerprint density at radius 2 is 1.67 bits per heavy atom. The SMILES string of the molecule is O=S([O-])O.[Ca+2].[Ca+2].[H-].[H-].[H-].[H-]. The predicted molar refractivity (Wildman–Crippen MR) is 27.5 cm³/mol. The second-order valence-electron chi connectivity index (χ2n) is 0.217. The van der Waals surface area contributed by atoms with Crippen LogP contribution in [0.2, 0.25) is 0 Å². The van der Waals surface area contributed by atoms with Gasteiger partial charge >= 0.3 is 75.5 Å². The van der Waals surface area contributed by atoms with Crippen molar-refractivity contribution in [2.24, 2.45) is 0 Å². The van der Waals surface area contributed by atoms with E-state index in [-0.39, 0.29) is 81.2 Å². The van der Waals surface area contributed by atoms with Crippen molar-refractivity contribution >= 4 is 86.8 Å². The van der Waals surface area contributed by atoms with Gasteiger partial charge in [-0.2, -0.15) is 0 Å².